The van der Waals surface area contributed by atoms with Crippen LogP contribution in [0, 0.1) is 0 Å². The van der Waals surface area contributed by atoms with Gasteiger partial charge < -0.3 is 10.2 Å². The molecule has 0 saturated heterocycles. The Kier molecular flexibility index (Phi) is 6.89. The van der Waals surface area contributed by atoms with Crippen LogP contribution in [0.4, 0.5) is 0 Å². The molecule has 1 heterocycles. The fourth-order valence-electron chi connectivity index (χ4n) is 2.34. The van der Waals surface area contributed by atoms with E-state index >= 15 is 0 Å². The summed E-state index contributed by atoms with van der Waals surface area (Å²) in [7, 11) is 4.21. The molecule has 1 aromatic heterocycles. The number of hydrogen-bond donors (Lipinski definition) is 1. The second-order valence-corrected chi connectivity index (χ2v) is 8.38. The van der Waals surface area contributed by atoms with Crippen LogP contribution in [0.2, 0.25) is 0 Å². The second kappa shape index (κ2) is 8.44. The molecule has 0 spiro atoms. The van der Waals surface area contributed by atoms with Gasteiger partial charge in [0.1, 0.15) is 0 Å². The van der Waals surface area contributed by atoms with E-state index < -0.39 is 0 Å². The van der Waals surface area contributed by atoms with Gasteiger partial charge in [-0.25, -0.2) is 0 Å². The van der Waals surface area contributed by atoms with Crippen molar-refractivity contribution in [2.24, 2.45) is 0 Å². The van der Waals surface area contributed by atoms with Crippen LogP contribution < -0.4 is 5.32 Å². The van der Waals surface area contributed by atoms with Crippen LogP contribution in [-0.4, -0.2) is 25.5 Å². The fourth-order valence-corrected chi connectivity index (χ4v) is 3.81. The summed E-state index contributed by atoms with van der Waals surface area (Å²) in [6, 6.07) is 11.2. The molecule has 0 saturated carbocycles. The summed E-state index contributed by atoms with van der Waals surface area (Å²) in [6.45, 7) is 2.06. The lowest BCUT2D eigenvalue weighted by Crippen LogP contribution is -2.25. The Morgan fingerprint density at radius 2 is 1.95 bits per heavy atom. The lowest BCUT2D eigenvalue weighted by atomic mass is 10.0. The van der Waals surface area contributed by atoms with Gasteiger partial charge in [0.2, 0.25) is 0 Å². The van der Waals surface area contributed by atoms with E-state index in [0.717, 1.165) is 24.0 Å². The Balaban J connectivity index is 1.86. The molecule has 1 unspecified atom stereocenters. The molecule has 2 aromatic rings. The molecule has 5 heteroatoms. The number of hydrogen-bond acceptors (Lipinski definition) is 3. The fraction of sp³-hybridized carbons (Fsp3) is 0.375. The van der Waals surface area contributed by atoms with Gasteiger partial charge in [0, 0.05) is 17.1 Å². The standard InChI is InChI=1S/C16H20Br2N2S/c1-19-15(13-3-5-14(17)6-4-13)7-8-20(2)10-12-9-16(18)21-11-12/h3-6,9,11,15,19H,7-8,10H2,1-2H3. The van der Waals surface area contributed by atoms with Gasteiger partial charge in [-0.05, 0) is 77.7 Å². The van der Waals surface area contributed by atoms with Gasteiger partial charge in [-0.15, -0.1) is 11.3 Å². The summed E-state index contributed by atoms with van der Waals surface area (Å²) in [4.78, 5) is 2.37. The summed E-state index contributed by atoms with van der Waals surface area (Å²) in [5.74, 6) is 0. The van der Waals surface area contributed by atoms with Gasteiger partial charge >= 0.3 is 0 Å². The number of rotatable bonds is 7. The third-order valence-electron chi connectivity index (χ3n) is 3.49. The minimum Gasteiger partial charge on any atom is -0.313 e. The van der Waals surface area contributed by atoms with Crippen LogP contribution in [0.25, 0.3) is 0 Å². The summed E-state index contributed by atoms with van der Waals surface area (Å²) in [5.41, 5.74) is 2.71. The van der Waals surface area contributed by atoms with Crippen LogP contribution in [0.3, 0.4) is 0 Å². The van der Waals surface area contributed by atoms with Crippen molar-refractivity contribution in [2.75, 3.05) is 20.6 Å². The highest BCUT2D eigenvalue weighted by Gasteiger charge is 2.11. The molecular weight excluding hydrogens is 412 g/mol. The maximum absolute atomic E-state index is 3.52. The molecule has 0 bridgehead atoms. The van der Waals surface area contributed by atoms with Crippen molar-refractivity contribution in [2.45, 2.75) is 19.0 Å². The van der Waals surface area contributed by atoms with E-state index in [1.54, 1.807) is 11.3 Å². The van der Waals surface area contributed by atoms with E-state index in [-0.39, 0.29) is 0 Å². The highest BCUT2D eigenvalue weighted by Crippen LogP contribution is 2.23. The predicted molar refractivity (Wildman–Crippen MR) is 98.9 cm³/mol. The van der Waals surface area contributed by atoms with Crippen LogP contribution in [0.5, 0.6) is 0 Å². The van der Waals surface area contributed by atoms with E-state index in [1.165, 1.54) is 14.9 Å². The minimum atomic E-state index is 0.398. The van der Waals surface area contributed by atoms with Crippen LogP contribution >= 0.6 is 43.2 Å². The zero-order valence-electron chi connectivity index (χ0n) is 12.3. The molecule has 0 amide bonds. The number of benzene rings is 1. The molecule has 1 aromatic carbocycles. The number of nitrogens with zero attached hydrogens (tertiary/aromatic N) is 1. The highest BCUT2D eigenvalue weighted by molar-refractivity contribution is 9.11. The summed E-state index contributed by atoms with van der Waals surface area (Å²) in [5, 5.41) is 5.63. The molecule has 2 rings (SSSR count). The first-order valence-electron chi connectivity index (χ1n) is 6.92. The molecule has 0 aliphatic rings. The molecule has 21 heavy (non-hydrogen) atoms. The Morgan fingerprint density at radius 1 is 1.24 bits per heavy atom. The van der Waals surface area contributed by atoms with E-state index in [0.29, 0.717) is 6.04 Å². The first-order chi connectivity index (χ1) is 10.1. The molecule has 0 aliphatic heterocycles. The molecule has 1 atom stereocenters. The Hall–Kier alpha value is -0.200. The van der Waals surface area contributed by atoms with Crippen molar-refractivity contribution < 1.29 is 0 Å². The second-order valence-electron chi connectivity index (χ2n) is 5.18. The van der Waals surface area contributed by atoms with Gasteiger partial charge in [0.15, 0.2) is 0 Å². The van der Waals surface area contributed by atoms with Gasteiger partial charge in [0.05, 0.1) is 3.79 Å². The summed E-state index contributed by atoms with van der Waals surface area (Å²) < 4.78 is 2.33. The van der Waals surface area contributed by atoms with Gasteiger partial charge in [-0.2, -0.15) is 0 Å². The summed E-state index contributed by atoms with van der Waals surface area (Å²) >= 11 is 8.75. The lowest BCUT2D eigenvalue weighted by Gasteiger charge is -2.21. The zero-order chi connectivity index (χ0) is 15.2. The van der Waals surface area contributed by atoms with Crippen LogP contribution in [0.15, 0.2) is 44.0 Å². The smallest absolute Gasteiger partial charge is 0.0701 e. The molecular formula is C16H20Br2N2S. The van der Waals surface area contributed by atoms with E-state index in [9.17, 15) is 0 Å². The van der Waals surface area contributed by atoms with Gasteiger partial charge in [-0.1, -0.05) is 28.1 Å². The van der Waals surface area contributed by atoms with E-state index in [2.05, 4.69) is 84.8 Å². The van der Waals surface area contributed by atoms with E-state index in [1.807, 2.05) is 7.05 Å². The topological polar surface area (TPSA) is 15.3 Å². The normalized spacial score (nSPS) is 12.8. The van der Waals surface area contributed by atoms with Crippen LogP contribution in [0.1, 0.15) is 23.6 Å². The Labute approximate surface area is 147 Å². The van der Waals surface area contributed by atoms with Crippen LogP contribution in [-0.2, 0) is 6.54 Å². The van der Waals surface area contributed by atoms with Crippen molar-refractivity contribution in [3.63, 3.8) is 0 Å². The van der Waals surface area contributed by atoms with Crippen molar-refractivity contribution in [1.82, 2.24) is 10.2 Å². The maximum atomic E-state index is 3.52. The number of thiophene rings is 1. The molecule has 1 N–H and O–H groups in total. The largest absolute Gasteiger partial charge is 0.313 e. The van der Waals surface area contributed by atoms with Gasteiger partial charge in [0.25, 0.3) is 0 Å². The van der Waals surface area contributed by atoms with Gasteiger partial charge in [-0.3, -0.25) is 0 Å². The Morgan fingerprint density at radius 3 is 2.52 bits per heavy atom. The quantitative estimate of drug-likeness (QED) is 0.659. The average Bonchev–Trinajstić information content (AvgIpc) is 2.86. The molecule has 0 fully saturated rings. The van der Waals surface area contributed by atoms with Crippen molar-refractivity contribution >= 4 is 43.2 Å². The molecule has 2 nitrogen and oxygen atoms in total. The lowest BCUT2D eigenvalue weighted by molar-refractivity contribution is 0.304. The predicted octanol–water partition coefficient (Wildman–Crippen LogP) is 5.06. The van der Waals surface area contributed by atoms with Crippen molar-refractivity contribution in [3.8, 4) is 0 Å². The maximum Gasteiger partial charge on any atom is 0.0701 e. The number of halogens is 2. The number of nitrogens with one attached hydrogen (secondary N) is 1. The summed E-state index contributed by atoms with van der Waals surface area (Å²) in [6.07, 6.45) is 1.10. The molecule has 0 radical (unpaired) electrons. The zero-order valence-corrected chi connectivity index (χ0v) is 16.3. The minimum absolute atomic E-state index is 0.398. The van der Waals surface area contributed by atoms with Crippen molar-refractivity contribution in [3.05, 3.63) is 55.1 Å². The third-order valence-corrected chi connectivity index (χ3v) is 5.58. The first kappa shape index (κ1) is 17.2. The van der Waals surface area contributed by atoms with E-state index in [4.69, 9.17) is 0 Å². The first-order valence-corrected chi connectivity index (χ1v) is 9.39. The van der Waals surface area contributed by atoms with Crippen molar-refractivity contribution in [1.29, 1.82) is 0 Å². The SMILES string of the molecule is CNC(CCN(C)Cc1csc(Br)c1)c1ccc(Br)cc1. The monoisotopic (exact) mass is 430 g/mol. The molecule has 114 valence electrons. The molecule has 0 aliphatic carbocycles. The third kappa shape index (κ3) is 5.49. The Bertz CT molecular complexity index is 554. The average molecular weight is 432 g/mol. The highest BCUT2D eigenvalue weighted by atomic mass is 79.9.